The minimum absolute atomic E-state index is 0.229. The fourth-order valence-electron chi connectivity index (χ4n) is 4.08. The lowest BCUT2D eigenvalue weighted by Gasteiger charge is -2.38. The Labute approximate surface area is 155 Å². The molecular weight excluding hydrogens is 322 g/mol. The molecule has 1 N–H and O–H groups in total. The van der Waals surface area contributed by atoms with Crippen LogP contribution in [0.3, 0.4) is 0 Å². The lowest BCUT2D eigenvalue weighted by molar-refractivity contribution is 0.348. The highest BCUT2D eigenvalue weighted by molar-refractivity contribution is 5.67. The molecule has 1 heterocycles. The van der Waals surface area contributed by atoms with Gasteiger partial charge in [-0.3, -0.25) is 0 Å². The molecule has 26 heavy (non-hydrogen) atoms. The molecule has 0 aromatic heterocycles. The van der Waals surface area contributed by atoms with E-state index in [1.165, 1.54) is 11.1 Å². The predicted molar refractivity (Wildman–Crippen MR) is 106 cm³/mol. The second-order valence-corrected chi connectivity index (χ2v) is 7.22. The van der Waals surface area contributed by atoms with Gasteiger partial charge in [0.2, 0.25) is 0 Å². The first-order chi connectivity index (χ1) is 12.7. The van der Waals surface area contributed by atoms with E-state index < -0.39 is 0 Å². The summed E-state index contributed by atoms with van der Waals surface area (Å²) in [5.41, 5.74) is 4.70. The fourth-order valence-corrected chi connectivity index (χ4v) is 4.08. The van der Waals surface area contributed by atoms with E-state index in [0.29, 0.717) is 18.4 Å². The molecule has 0 saturated heterocycles. The summed E-state index contributed by atoms with van der Waals surface area (Å²) in [4.78, 5) is 0. The molecule has 4 rings (SSSR count). The lowest BCUT2D eigenvalue weighted by atomic mass is 9.77. The molecule has 2 aromatic carbocycles. The van der Waals surface area contributed by atoms with Crippen molar-refractivity contribution in [3.05, 3.63) is 77.9 Å². The number of para-hydroxylation sites is 1. The highest BCUT2D eigenvalue weighted by Gasteiger charge is 2.39. The number of anilines is 1. The standard InChI is InChI=1S/C23H25NO2/c1-15(2)14-26-21-12-6-11-20-18-9-5-10-19(18)22(24-23(20)21)16-7-4-8-17(13-16)25-3/h4-9,11-13,18-19,22,24H,1,10,14H2,2-3H3. The quantitative estimate of drug-likeness (QED) is 0.727. The number of benzene rings is 2. The second-order valence-electron chi connectivity index (χ2n) is 7.22. The van der Waals surface area contributed by atoms with Crippen molar-refractivity contribution in [2.24, 2.45) is 5.92 Å². The van der Waals surface area contributed by atoms with Crippen LogP contribution >= 0.6 is 0 Å². The molecule has 3 heteroatoms. The van der Waals surface area contributed by atoms with Gasteiger partial charge in [0.05, 0.1) is 18.8 Å². The summed E-state index contributed by atoms with van der Waals surface area (Å²) in [5, 5.41) is 3.78. The van der Waals surface area contributed by atoms with Crippen LogP contribution in [0, 0.1) is 5.92 Å². The van der Waals surface area contributed by atoms with E-state index in [9.17, 15) is 0 Å². The molecule has 0 saturated carbocycles. The molecule has 2 aromatic rings. The zero-order chi connectivity index (χ0) is 18.1. The van der Waals surface area contributed by atoms with Gasteiger partial charge in [-0.15, -0.1) is 0 Å². The van der Waals surface area contributed by atoms with Crippen LogP contribution < -0.4 is 14.8 Å². The van der Waals surface area contributed by atoms with Gasteiger partial charge in [0.1, 0.15) is 18.1 Å². The molecule has 3 unspecified atom stereocenters. The number of rotatable bonds is 5. The van der Waals surface area contributed by atoms with Crippen molar-refractivity contribution in [3.8, 4) is 11.5 Å². The van der Waals surface area contributed by atoms with Gasteiger partial charge < -0.3 is 14.8 Å². The van der Waals surface area contributed by atoms with Crippen LogP contribution in [0.25, 0.3) is 0 Å². The fraction of sp³-hybridized carbons (Fsp3) is 0.304. The van der Waals surface area contributed by atoms with Crippen molar-refractivity contribution < 1.29 is 9.47 Å². The van der Waals surface area contributed by atoms with Crippen LogP contribution in [0.2, 0.25) is 0 Å². The molecule has 3 nitrogen and oxygen atoms in total. The number of ether oxygens (including phenoxy) is 2. The van der Waals surface area contributed by atoms with Crippen molar-refractivity contribution in [1.82, 2.24) is 0 Å². The average molecular weight is 347 g/mol. The Bertz CT molecular complexity index is 855. The minimum atomic E-state index is 0.229. The van der Waals surface area contributed by atoms with Gasteiger partial charge in [0, 0.05) is 5.92 Å². The molecule has 134 valence electrons. The molecule has 0 fully saturated rings. The highest BCUT2D eigenvalue weighted by atomic mass is 16.5. The van der Waals surface area contributed by atoms with E-state index >= 15 is 0 Å². The molecule has 3 atom stereocenters. The van der Waals surface area contributed by atoms with E-state index in [4.69, 9.17) is 9.47 Å². The van der Waals surface area contributed by atoms with Crippen LogP contribution in [-0.4, -0.2) is 13.7 Å². The number of allylic oxidation sites excluding steroid dienone is 2. The average Bonchev–Trinajstić information content (AvgIpc) is 3.15. The predicted octanol–water partition coefficient (Wildman–Crippen LogP) is 5.48. The van der Waals surface area contributed by atoms with E-state index in [-0.39, 0.29) is 6.04 Å². The van der Waals surface area contributed by atoms with Crippen molar-refractivity contribution in [1.29, 1.82) is 0 Å². The van der Waals surface area contributed by atoms with Gasteiger partial charge in [-0.05, 0) is 54.2 Å². The molecule has 2 aliphatic rings. The van der Waals surface area contributed by atoms with E-state index in [1.807, 2.05) is 19.1 Å². The number of nitrogens with one attached hydrogen (secondary N) is 1. The van der Waals surface area contributed by atoms with Crippen LogP contribution in [0.15, 0.2) is 66.8 Å². The Balaban J connectivity index is 1.74. The monoisotopic (exact) mass is 347 g/mol. The highest BCUT2D eigenvalue weighted by Crippen LogP contribution is 2.52. The van der Waals surface area contributed by atoms with Gasteiger partial charge in [-0.2, -0.15) is 0 Å². The van der Waals surface area contributed by atoms with Gasteiger partial charge >= 0.3 is 0 Å². The number of methoxy groups -OCH3 is 1. The van der Waals surface area contributed by atoms with E-state index in [2.05, 4.69) is 54.4 Å². The third kappa shape index (κ3) is 2.98. The Morgan fingerprint density at radius 3 is 2.88 bits per heavy atom. The van der Waals surface area contributed by atoms with Crippen LogP contribution in [0.4, 0.5) is 5.69 Å². The Morgan fingerprint density at radius 2 is 2.08 bits per heavy atom. The van der Waals surface area contributed by atoms with Gasteiger partial charge in [-0.25, -0.2) is 0 Å². The third-order valence-corrected chi connectivity index (χ3v) is 5.29. The summed E-state index contributed by atoms with van der Waals surface area (Å²) in [6, 6.07) is 14.9. The largest absolute Gasteiger partial charge is 0.497 e. The zero-order valence-corrected chi connectivity index (χ0v) is 15.4. The molecule has 0 radical (unpaired) electrons. The lowest BCUT2D eigenvalue weighted by Crippen LogP contribution is -2.29. The van der Waals surface area contributed by atoms with Crippen molar-refractivity contribution in [2.45, 2.75) is 25.3 Å². The van der Waals surface area contributed by atoms with Crippen molar-refractivity contribution in [3.63, 3.8) is 0 Å². The van der Waals surface area contributed by atoms with Crippen molar-refractivity contribution >= 4 is 5.69 Å². The first-order valence-electron chi connectivity index (χ1n) is 9.14. The summed E-state index contributed by atoms with van der Waals surface area (Å²) >= 11 is 0. The first kappa shape index (κ1) is 16.8. The number of hydrogen-bond acceptors (Lipinski definition) is 3. The first-order valence-corrected chi connectivity index (χ1v) is 9.14. The van der Waals surface area contributed by atoms with Crippen LogP contribution in [0.5, 0.6) is 11.5 Å². The maximum atomic E-state index is 6.03. The Kier molecular flexibility index (Phi) is 4.46. The molecule has 0 amide bonds. The van der Waals surface area contributed by atoms with E-state index in [0.717, 1.165) is 29.2 Å². The summed E-state index contributed by atoms with van der Waals surface area (Å²) in [7, 11) is 1.71. The topological polar surface area (TPSA) is 30.5 Å². The molecule has 1 aliphatic carbocycles. The normalized spacial score (nSPS) is 22.9. The van der Waals surface area contributed by atoms with Gasteiger partial charge in [0.25, 0.3) is 0 Å². The summed E-state index contributed by atoms with van der Waals surface area (Å²) in [5.74, 6) is 2.71. The van der Waals surface area contributed by atoms with Crippen molar-refractivity contribution in [2.75, 3.05) is 19.0 Å². The van der Waals surface area contributed by atoms with Crippen LogP contribution in [-0.2, 0) is 0 Å². The maximum absolute atomic E-state index is 6.03. The number of fused-ring (bicyclic) bond motifs is 3. The summed E-state index contributed by atoms with van der Waals surface area (Å²) < 4.78 is 11.5. The molecule has 1 aliphatic heterocycles. The molecule has 0 bridgehead atoms. The third-order valence-electron chi connectivity index (χ3n) is 5.29. The Morgan fingerprint density at radius 1 is 1.23 bits per heavy atom. The SMILES string of the molecule is C=C(C)COc1cccc2c1NC(c1cccc(OC)c1)C1CC=CC21. The Hall–Kier alpha value is -2.68. The van der Waals surface area contributed by atoms with E-state index in [1.54, 1.807) is 7.11 Å². The van der Waals surface area contributed by atoms with Gasteiger partial charge in [0.15, 0.2) is 0 Å². The minimum Gasteiger partial charge on any atom is -0.497 e. The molecular formula is C23H25NO2. The summed E-state index contributed by atoms with van der Waals surface area (Å²) in [6.45, 7) is 6.46. The smallest absolute Gasteiger partial charge is 0.143 e. The van der Waals surface area contributed by atoms with Crippen LogP contribution in [0.1, 0.15) is 36.4 Å². The van der Waals surface area contributed by atoms with Gasteiger partial charge in [-0.1, -0.05) is 43.0 Å². The molecule has 0 spiro atoms. The second kappa shape index (κ2) is 6.91. The number of hydrogen-bond donors (Lipinski definition) is 1. The zero-order valence-electron chi connectivity index (χ0n) is 15.4. The maximum Gasteiger partial charge on any atom is 0.143 e. The summed E-state index contributed by atoms with van der Waals surface area (Å²) in [6.07, 6.45) is 5.73.